The van der Waals surface area contributed by atoms with Crippen LogP contribution in [-0.2, 0) is 0 Å². The van der Waals surface area contributed by atoms with Crippen LogP contribution < -0.4 is 0 Å². The van der Waals surface area contributed by atoms with Gasteiger partial charge in [-0.05, 0) is 59.0 Å². The number of carbonyl (C=O) groups is 1. The van der Waals surface area contributed by atoms with E-state index >= 15 is 0 Å². The molecule has 0 saturated heterocycles. The molecule has 2 aromatic carbocycles. The van der Waals surface area contributed by atoms with Gasteiger partial charge in [-0.1, -0.05) is 23.7 Å². The van der Waals surface area contributed by atoms with Gasteiger partial charge in [0.2, 0.25) is 5.78 Å². The number of hydrogen-bond acceptors (Lipinski definition) is 2. The second-order valence-corrected chi connectivity index (χ2v) is 5.70. The predicted octanol–water partition coefficient (Wildman–Crippen LogP) is 4.92. The van der Waals surface area contributed by atoms with E-state index in [9.17, 15) is 4.79 Å². The number of carbonyl (C=O) groups excluding carboxylic acids is 1. The third kappa shape index (κ3) is 2.40. The van der Waals surface area contributed by atoms with Gasteiger partial charge in [0, 0.05) is 19.5 Å². The van der Waals surface area contributed by atoms with Crippen LogP contribution in [0.4, 0.5) is 0 Å². The maximum Gasteiger partial charge on any atom is 0.229 e. The molecule has 3 rings (SSSR count). The summed E-state index contributed by atoms with van der Waals surface area (Å²) in [6, 6.07) is 14.5. The van der Waals surface area contributed by atoms with Crippen molar-refractivity contribution in [2.24, 2.45) is 0 Å². The Hall–Kier alpha value is -1.33. The Bertz CT molecular complexity index is 777. The number of hydrogen-bond donors (Lipinski definition) is 0. The van der Waals surface area contributed by atoms with Crippen molar-refractivity contribution in [3.05, 3.63) is 68.4 Å². The van der Waals surface area contributed by atoms with Crippen LogP contribution in [0.3, 0.4) is 0 Å². The molecule has 0 spiro atoms. The minimum atomic E-state index is -0.114. The highest BCUT2D eigenvalue weighted by Gasteiger charge is 2.16. The van der Waals surface area contributed by atoms with Crippen LogP contribution in [0.2, 0.25) is 5.02 Å². The summed E-state index contributed by atoms with van der Waals surface area (Å²) in [5, 5.41) is 1.46. The van der Waals surface area contributed by atoms with E-state index in [0.29, 0.717) is 21.9 Å². The third-order valence-electron chi connectivity index (χ3n) is 2.82. The van der Waals surface area contributed by atoms with Gasteiger partial charge < -0.3 is 4.42 Å². The predicted molar refractivity (Wildman–Crippen MR) is 83.8 cm³/mol. The van der Waals surface area contributed by atoms with Crippen molar-refractivity contribution in [2.45, 2.75) is 0 Å². The van der Waals surface area contributed by atoms with Crippen LogP contribution in [0.5, 0.6) is 0 Å². The fourth-order valence-corrected chi connectivity index (χ4v) is 2.72. The number of fused-ring (bicyclic) bond motifs is 1. The molecule has 0 radical (unpaired) electrons. The molecule has 3 aromatic rings. The van der Waals surface area contributed by atoms with Crippen LogP contribution in [0.25, 0.3) is 11.0 Å². The summed E-state index contributed by atoms with van der Waals surface area (Å²) in [5.74, 6) is 0.221. The minimum absolute atomic E-state index is 0.114. The van der Waals surface area contributed by atoms with Gasteiger partial charge in [-0.3, -0.25) is 4.79 Å². The lowest BCUT2D eigenvalue weighted by Crippen LogP contribution is -2.01. The second kappa shape index (κ2) is 4.98. The molecule has 0 atom stereocenters. The summed E-state index contributed by atoms with van der Waals surface area (Å²) in [6.07, 6.45) is 0. The number of halogens is 2. The van der Waals surface area contributed by atoms with Gasteiger partial charge in [-0.25, -0.2) is 0 Å². The van der Waals surface area contributed by atoms with E-state index in [1.54, 1.807) is 30.3 Å². The van der Waals surface area contributed by atoms with Gasteiger partial charge in [0.25, 0.3) is 0 Å². The quantitative estimate of drug-likeness (QED) is 0.465. The highest BCUT2D eigenvalue weighted by molar-refractivity contribution is 14.1. The lowest BCUT2D eigenvalue weighted by atomic mass is 10.1. The molecule has 4 heteroatoms. The largest absolute Gasteiger partial charge is 0.453 e. The molecule has 0 N–H and O–H groups in total. The Morgan fingerprint density at radius 2 is 1.89 bits per heavy atom. The van der Waals surface area contributed by atoms with Crippen molar-refractivity contribution in [2.75, 3.05) is 0 Å². The van der Waals surface area contributed by atoms with Crippen molar-refractivity contribution in [1.82, 2.24) is 0 Å². The molecule has 1 aromatic heterocycles. The van der Waals surface area contributed by atoms with Gasteiger partial charge in [-0.2, -0.15) is 0 Å². The number of ketones is 1. The zero-order valence-corrected chi connectivity index (χ0v) is 12.6. The smallest absolute Gasteiger partial charge is 0.229 e. The van der Waals surface area contributed by atoms with Gasteiger partial charge in [0.15, 0.2) is 5.76 Å². The first-order valence-electron chi connectivity index (χ1n) is 5.63. The van der Waals surface area contributed by atoms with Crippen LogP contribution in [-0.4, -0.2) is 5.78 Å². The van der Waals surface area contributed by atoms with E-state index in [2.05, 4.69) is 22.6 Å². The molecule has 0 fully saturated rings. The van der Waals surface area contributed by atoms with Gasteiger partial charge in [0.1, 0.15) is 5.58 Å². The maximum absolute atomic E-state index is 12.4. The fourth-order valence-electron chi connectivity index (χ4n) is 1.90. The summed E-state index contributed by atoms with van der Waals surface area (Å²) in [4.78, 5) is 12.4. The van der Waals surface area contributed by atoms with E-state index in [1.165, 1.54) is 0 Å². The SMILES string of the molecule is O=C(c1cc2cc(Cl)ccc2o1)c1ccccc1I. The zero-order chi connectivity index (χ0) is 13.4. The Balaban J connectivity index is 2.09. The average molecular weight is 383 g/mol. The Kier molecular flexibility index (Phi) is 3.33. The minimum Gasteiger partial charge on any atom is -0.453 e. The summed E-state index contributed by atoms with van der Waals surface area (Å²) in [6.45, 7) is 0. The van der Waals surface area contributed by atoms with Crippen LogP contribution in [0.15, 0.2) is 52.9 Å². The number of benzene rings is 2. The molecule has 0 bridgehead atoms. The monoisotopic (exact) mass is 382 g/mol. The molecule has 0 aliphatic heterocycles. The number of rotatable bonds is 2. The van der Waals surface area contributed by atoms with E-state index in [-0.39, 0.29) is 5.78 Å². The van der Waals surface area contributed by atoms with Crippen molar-refractivity contribution < 1.29 is 9.21 Å². The van der Waals surface area contributed by atoms with Crippen molar-refractivity contribution in [1.29, 1.82) is 0 Å². The third-order valence-corrected chi connectivity index (χ3v) is 4.00. The fraction of sp³-hybridized carbons (Fsp3) is 0. The van der Waals surface area contributed by atoms with Crippen molar-refractivity contribution in [3.8, 4) is 0 Å². The molecular weight excluding hydrogens is 375 g/mol. The second-order valence-electron chi connectivity index (χ2n) is 4.10. The Morgan fingerprint density at radius 3 is 2.68 bits per heavy atom. The van der Waals surface area contributed by atoms with Crippen LogP contribution >= 0.6 is 34.2 Å². The summed E-state index contributed by atoms with van der Waals surface area (Å²) < 4.78 is 6.49. The lowest BCUT2D eigenvalue weighted by molar-refractivity contribution is 0.101. The normalized spacial score (nSPS) is 10.8. The Labute approximate surface area is 128 Å². The van der Waals surface area contributed by atoms with Gasteiger partial charge in [-0.15, -0.1) is 0 Å². The number of furan rings is 1. The average Bonchev–Trinajstić information content (AvgIpc) is 2.81. The first-order chi connectivity index (χ1) is 9.15. The first kappa shape index (κ1) is 12.7. The lowest BCUT2D eigenvalue weighted by Gasteiger charge is -1.99. The van der Waals surface area contributed by atoms with Gasteiger partial charge in [0.05, 0.1) is 0 Å². The molecule has 0 amide bonds. The van der Waals surface area contributed by atoms with Crippen molar-refractivity contribution in [3.63, 3.8) is 0 Å². The molecule has 0 aliphatic rings. The Morgan fingerprint density at radius 1 is 1.11 bits per heavy atom. The molecule has 0 unspecified atom stereocenters. The van der Waals surface area contributed by atoms with E-state index in [4.69, 9.17) is 16.0 Å². The van der Waals surface area contributed by atoms with Crippen molar-refractivity contribution >= 4 is 50.9 Å². The van der Waals surface area contributed by atoms with Crippen LogP contribution in [0, 0.1) is 3.57 Å². The molecule has 0 aliphatic carbocycles. The standard InChI is InChI=1S/C15H8ClIO2/c16-10-5-6-13-9(7-10)8-14(19-13)15(18)11-3-1-2-4-12(11)17/h1-8H. The van der Waals surface area contributed by atoms with E-state index < -0.39 is 0 Å². The van der Waals surface area contributed by atoms with E-state index in [0.717, 1.165) is 8.96 Å². The highest BCUT2D eigenvalue weighted by atomic mass is 127. The molecule has 19 heavy (non-hydrogen) atoms. The first-order valence-corrected chi connectivity index (χ1v) is 7.09. The summed E-state index contributed by atoms with van der Waals surface area (Å²) >= 11 is 8.06. The van der Waals surface area contributed by atoms with E-state index in [1.807, 2.05) is 18.2 Å². The zero-order valence-electron chi connectivity index (χ0n) is 9.69. The molecule has 1 heterocycles. The maximum atomic E-state index is 12.4. The summed E-state index contributed by atoms with van der Waals surface area (Å²) in [5.41, 5.74) is 1.31. The van der Waals surface area contributed by atoms with Gasteiger partial charge >= 0.3 is 0 Å². The molecule has 94 valence electrons. The highest BCUT2D eigenvalue weighted by Crippen LogP contribution is 2.25. The molecule has 2 nitrogen and oxygen atoms in total. The summed E-state index contributed by atoms with van der Waals surface area (Å²) in [7, 11) is 0. The topological polar surface area (TPSA) is 30.2 Å². The molecular formula is C15H8ClIO2. The molecule has 0 saturated carbocycles. The van der Waals surface area contributed by atoms with Crippen LogP contribution in [0.1, 0.15) is 16.1 Å².